The largest absolute Gasteiger partial charge is 0.329 e. The molecule has 2 atom stereocenters. The number of nitrogens with two attached hydrogens (primary N) is 1. The first kappa shape index (κ1) is 14.0. The van der Waals surface area contributed by atoms with E-state index in [1.165, 1.54) is 28.3 Å². The summed E-state index contributed by atoms with van der Waals surface area (Å²) < 4.78 is 0. The number of hydrogen-bond donors (Lipinski definition) is 1. The van der Waals surface area contributed by atoms with Gasteiger partial charge >= 0.3 is 0 Å². The SMILES string of the molecule is Cc1cc(C(CN)N2CCC(N(C)C)C2)c(C)s1. The maximum Gasteiger partial charge on any atom is 0.0482 e. The zero-order chi connectivity index (χ0) is 13.3. The lowest BCUT2D eigenvalue weighted by molar-refractivity contribution is 0.220. The van der Waals surface area contributed by atoms with Crippen molar-refractivity contribution in [3.8, 4) is 0 Å². The Kier molecular flexibility index (Phi) is 4.43. The van der Waals surface area contributed by atoms with Gasteiger partial charge in [-0.2, -0.15) is 0 Å². The van der Waals surface area contributed by atoms with Crippen LogP contribution in [0.4, 0.5) is 0 Å². The summed E-state index contributed by atoms with van der Waals surface area (Å²) in [6.45, 7) is 7.43. The number of hydrogen-bond acceptors (Lipinski definition) is 4. The average Bonchev–Trinajstić information content (AvgIpc) is 2.88. The van der Waals surface area contributed by atoms with Crippen LogP contribution in [0.5, 0.6) is 0 Å². The third-order valence-electron chi connectivity index (χ3n) is 4.03. The molecule has 1 aromatic heterocycles. The van der Waals surface area contributed by atoms with E-state index in [0.717, 1.165) is 13.1 Å². The normalized spacial score (nSPS) is 22.9. The Morgan fingerprint density at radius 3 is 2.67 bits per heavy atom. The van der Waals surface area contributed by atoms with E-state index in [0.29, 0.717) is 12.1 Å². The van der Waals surface area contributed by atoms with E-state index in [2.05, 4.69) is 43.8 Å². The molecule has 18 heavy (non-hydrogen) atoms. The molecule has 0 amide bonds. The number of nitrogens with zero attached hydrogens (tertiary/aromatic N) is 2. The molecule has 0 aromatic carbocycles. The van der Waals surface area contributed by atoms with Crippen LogP contribution < -0.4 is 5.73 Å². The summed E-state index contributed by atoms with van der Waals surface area (Å²) in [5.41, 5.74) is 7.48. The number of thiophene rings is 1. The fourth-order valence-corrected chi connectivity index (χ4v) is 3.91. The fraction of sp³-hybridized carbons (Fsp3) is 0.714. The number of likely N-dealkylation sites (tertiary alicyclic amines) is 1. The lowest BCUT2D eigenvalue weighted by Gasteiger charge is -2.28. The van der Waals surface area contributed by atoms with Crippen molar-refractivity contribution >= 4 is 11.3 Å². The summed E-state index contributed by atoms with van der Waals surface area (Å²) in [4.78, 5) is 7.71. The molecule has 1 aliphatic heterocycles. The first-order chi connectivity index (χ1) is 8.52. The zero-order valence-corrected chi connectivity index (χ0v) is 12.8. The Hall–Kier alpha value is -0.420. The lowest BCUT2D eigenvalue weighted by atomic mass is 10.1. The molecular weight excluding hydrogens is 242 g/mol. The molecule has 0 saturated carbocycles. The summed E-state index contributed by atoms with van der Waals surface area (Å²) in [6.07, 6.45) is 1.26. The second kappa shape index (κ2) is 5.70. The lowest BCUT2D eigenvalue weighted by Crippen LogP contribution is -2.36. The minimum atomic E-state index is 0.403. The second-order valence-corrected chi connectivity index (χ2v) is 6.98. The van der Waals surface area contributed by atoms with Gasteiger partial charge < -0.3 is 10.6 Å². The van der Waals surface area contributed by atoms with Gasteiger partial charge in [0.15, 0.2) is 0 Å². The molecule has 1 aliphatic rings. The van der Waals surface area contributed by atoms with Crippen molar-refractivity contribution in [3.63, 3.8) is 0 Å². The summed E-state index contributed by atoms with van der Waals surface area (Å²) >= 11 is 1.89. The van der Waals surface area contributed by atoms with E-state index in [9.17, 15) is 0 Å². The highest BCUT2D eigenvalue weighted by atomic mass is 32.1. The molecule has 1 fully saturated rings. The Labute approximate surface area is 115 Å². The van der Waals surface area contributed by atoms with Crippen molar-refractivity contribution in [1.82, 2.24) is 9.80 Å². The van der Waals surface area contributed by atoms with Crippen molar-refractivity contribution < 1.29 is 0 Å². The molecule has 2 rings (SSSR count). The Bertz CT molecular complexity index is 400. The topological polar surface area (TPSA) is 32.5 Å². The minimum absolute atomic E-state index is 0.403. The molecule has 0 radical (unpaired) electrons. The number of aryl methyl sites for hydroxylation is 2. The summed E-state index contributed by atoms with van der Waals surface area (Å²) in [7, 11) is 4.34. The van der Waals surface area contributed by atoms with Gasteiger partial charge in [-0.25, -0.2) is 0 Å². The highest BCUT2D eigenvalue weighted by molar-refractivity contribution is 7.12. The quantitative estimate of drug-likeness (QED) is 0.905. The molecule has 0 aliphatic carbocycles. The Morgan fingerprint density at radius 1 is 1.50 bits per heavy atom. The van der Waals surface area contributed by atoms with Crippen LogP contribution in [0.3, 0.4) is 0 Å². The second-order valence-electron chi connectivity index (χ2n) is 5.52. The van der Waals surface area contributed by atoms with Gasteiger partial charge in [-0.1, -0.05) is 0 Å². The third-order valence-corrected chi connectivity index (χ3v) is 5.01. The predicted octanol–water partition coefficient (Wildman–Crippen LogP) is 2.00. The van der Waals surface area contributed by atoms with Crippen LogP contribution in [0.2, 0.25) is 0 Å². The summed E-state index contributed by atoms with van der Waals surface area (Å²) in [5.74, 6) is 0. The van der Waals surface area contributed by atoms with Crippen LogP contribution in [0.15, 0.2) is 6.07 Å². The molecule has 4 heteroatoms. The Balaban J connectivity index is 2.13. The molecule has 2 heterocycles. The molecule has 2 unspecified atom stereocenters. The molecule has 1 saturated heterocycles. The van der Waals surface area contributed by atoms with Crippen molar-refractivity contribution in [2.45, 2.75) is 32.4 Å². The number of rotatable bonds is 4. The molecular formula is C14H25N3S. The highest BCUT2D eigenvalue weighted by Gasteiger charge is 2.30. The van der Waals surface area contributed by atoms with E-state index < -0.39 is 0 Å². The third kappa shape index (κ3) is 2.77. The van der Waals surface area contributed by atoms with E-state index in [-0.39, 0.29) is 0 Å². The van der Waals surface area contributed by atoms with Crippen LogP contribution in [-0.2, 0) is 0 Å². The van der Waals surface area contributed by atoms with Crippen LogP contribution >= 0.6 is 11.3 Å². The van der Waals surface area contributed by atoms with Gasteiger partial charge in [-0.3, -0.25) is 4.90 Å². The van der Waals surface area contributed by atoms with Crippen LogP contribution in [0.25, 0.3) is 0 Å². The summed E-state index contributed by atoms with van der Waals surface area (Å²) in [5, 5.41) is 0. The van der Waals surface area contributed by atoms with Gasteiger partial charge in [0.1, 0.15) is 0 Å². The van der Waals surface area contributed by atoms with E-state index in [4.69, 9.17) is 5.73 Å². The van der Waals surface area contributed by atoms with Crippen LogP contribution in [-0.4, -0.2) is 49.6 Å². The zero-order valence-electron chi connectivity index (χ0n) is 11.9. The fourth-order valence-electron chi connectivity index (χ4n) is 2.93. The molecule has 3 nitrogen and oxygen atoms in total. The van der Waals surface area contributed by atoms with Crippen LogP contribution in [0, 0.1) is 13.8 Å². The van der Waals surface area contributed by atoms with E-state index in [1.807, 2.05) is 11.3 Å². The average molecular weight is 267 g/mol. The van der Waals surface area contributed by atoms with E-state index in [1.54, 1.807) is 0 Å². The first-order valence-electron chi connectivity index (χ1n) is 6.70. The van der Waals surface area contributed by atoms with Crippen molar-refractivity contribution in [2.75, 3.05) is 33.7 Å². The monoisotopic (exact) mass is 267 g/mol. The summed E-state index contributed by atoms with van der Waals surface area (Å²) in [6, 6.07) is 3.40. The highest BCUT2D eigenvalue weighted by Crippen LogP contribution is 2.32. The molecule has 102 valence electrons. The van der Waals surface area contributed by atoms with Crippen molar-refractivity contribution in [2.24, 2.45) is 5.73 Å². The van der Waals surface area contributed by atoms with Gasteiger partial charge in [-0.15, -0.1) is 11.3 Å². The molecule has 0 spiro atoms. The first-order valence-corrected chi connectivity index (χ1v) is 7.52. The van der Waals surface area contributed by atoms with Gasteiger partial charge in [0, 0.05) is 41.5 Å². The van der Waals surface area contributed by atoms with Crippen LogP contribution in [0.1, 0.15) is 27.8 Å². The van der Waals surface area contributed by atoms with Gasteiger partial charge in [0.05, 0.1) is 0 Å². The maximum atomic E-state index is 6.03. The standard InChI is InChI=1S/C14H25N3S/c1-10-7-13(11(2)18-10)14(8-15)17-6-5-12(9-17)16(3)4/h7,12,14H,5-6,8-9,15H2,1-4H3. The van der Waals surface area contributed by atoms with Crippen molar-refractivity contribution in [3.05, 3.63) is 21.4 Å². The smallest absolute Gasteiger partial charge is 0.0482 e. The van der Waals surface area contributed by atoms with E-state index >= 15 is 0 Å². The van der Waals surface area contributed by atoms with Gasteiger partial charge in [0.2, 0.25) is 0 Å². The number of likely N-dealkylation sites (N-methyl/N-ethyl adjacent to an activating group) is 1. The molecule has 1 aromatic rings. The van der Waals surface area contributed by atoms with Gasteiger partial charge in [0.25, 0.3) is 0 Å². The molecule has 2 N–H and O–H groups in total. The molecule has 0 bridgehead atoms. The maximum absolute atomic E-state index is 6.03. The van der Waals surface area contributed by atoms with Gasteiger partial charge in [-0.05, 0) is 46.0 Å². The predicted molar refractivity (Wildman–Crippen MR) is 79.3 cm³/mol. The van der Waals surface area contributed by atoms with Crippen molar-refractivity contribution in [1.29, 1.82) is 0 Å². The Morgan fingerprint density at radius 2 is 2.22 bits per heavy atom. The minimum Gasteiger partial charge on any atom is -0.329 e.